The Balaban J connectivity index is 1.93. The lowest BCUT2D eigenvalue weighted by molar-refractivity contribution is -0.137. The molecule has 0 fully saturated rings. The van der Waals surface area contributed by atoms with Crippen molar-refractivity contribution in [3.8, 4) is 12.1 Å². The minimum Gasteiger partial charge on any atom is -0.274 e. The number of nitrogens with one attached hydrogen (secondary N) is 1. The van der Waals surface area contributed by atoms with Gasteiger partial charge in [-0.2, -0.15) is 28.8 Å². The number of halogens is 3. The van der Waals surface area contributed by atoms with Crippen LogP contribution in [0.2, 0.25) is 0 Å². The quantitative estimate of drug-likeness (QED) is 0.676. The minimum absolute atomic E-state index is 0.0782. The van der Waals surface area contributed by atoms with Gasteiger partial charge in [0.15, 0.2) is 0 Å². The van der Waals surface area contributed by atoms with E-state index in [0.29, 0.717) is 12.1 Å². The van der Waals surface area contributed by atoms with Crippen LogP contribution in [0.1, 0.15) is 16.7 Å². The normalized spacial score (nSPS) is 10.8. The minimum atomic E-state index is -4.62. The molecule has 2 rings (SSSR count). The van der Waals surface area contributed by atoms with E-state index in [1.54, 1.807) is 0 Å². The summed E-state index contributed by atoms with van der Waals surface area (Å²) in [5.74, 6) is 0. The molecule has 1 aromatic carbocycles. The summed E-state index contributed by atoms with van der Waals surface area (Å²) < 4.78 is 39.9. The molecule has 0 unspecified atom stereocenters. The molecule has 9 heteroatoms. The van der Waals surface area contributed by atoms with Crippen molar-refractivity contribution in [3.05, 3.63) is 47.3 Å². The molecule has 118 valence electrons. The van der Waals surface area contributed by atoms with Crippen LogP contribution in [0.4, 0.5) is 18.9 Å². The summed E-state index contributed by atoms with van der Waals surface area (Å²) in [6, 6.07) is 6.61. The van der Waals surface area contributed by atoms with E-state index in [4.69, 9.17) is 15.4 Å². The predicted octanol–water partition coefficient (Wildman–Crippen LogP) is 2.69. The van der Waals surface area contributed by atoms with Crippen molar-refractivity contribution in [1.82, 2.24) is 9.78 Å². The molecule has 0 bridgehead atoms. The van der Waals surface area contributed by atoms with Crippen LogP contribution in [0, 0.1) is 22.7 Å². The van der Waals surface area contributed by atoms with Crippen molar-refractivity contribution in [2.24, 2.45) is 0 Å². The molecule has 0 radical (unpaired) electrons. The smallest absolute Gasteiger partial charge is 0.274 e. The molecule has 0 spiro atoms. The Morgan fingerprint density at radius 2 is 2.04 bits per heavy atom. The van der Waals surface area contributed by atoms with Gasteiger partial charge in [0.05, 0.1) is 47.8 Å². The summed E-state index contributed by atoms with van der Waals surface area (Å²) in [5.41, 5.74) is 1.38. The van der Waals surface area contributed by atoms with Gasteiger partial charge >= 0.3 is 6.18 Å². The van der Waals surface area contributed by atoms with Crippen LogP contribution in [0.25, 0.3) is 0 Å². The monoisotopic (exact) mass is 321 g/mol. The molecule has 1 aromatic heterocycles. The van der Waals surface area contributed by atoms with Gasteiger partial charge in [0.25, 0.3) is 0 Å². The third-order valence-electron chi connectivity index (χ3n) is 2.82. The first-order valence-electron chi connectivity index (χ1n) is 6.35. The standard InChI is InChI=1S/C14H10F3N5O/c15-14(16,17)13-5-12(2-1-11(13)7-19)21-23-4-3-22-9-10(6-18)8-20-22/h1-2,5,8-9,21H,3-4H2. The highest BCUT2D eigenvalue weighted by Gasteiger charge is 2.33. The second-order valence-electron chi connectivity index (χ2n) is 4.42. The summed E-state index contributed by atoms with van der Waals surface area (Å²) in [6.45, 7) is 0.436. The number of anilines is 1. The topological polar surface area (TPSA) is 86.7 Å². The van der Waals surface area contributed by atoms with Crippen LogP contribution in [-0.2, 0) is 17.6 Å². The van der Waals surface area contributed by atoms with Crippen LogP contribution in [0.5, 0.6) is 0 Å². The molecular formula is C14H10F3N5O. The lowest BCUT2D eigenvalue weighted by Crippen LogP contribution is -2.12. The second kappa shape index (κ2) is 6.81. The average molecular weight is 321 g/mol. The number of benzene rings is 1. The predicted molar refractivity (Wildman–Crippen MR) is 72.7 cm³/mol. The number of aromatic nitrogens is 2. The van der Waals surface area contributed by atoms with Crippen molar-refractivity contribution in [1.29, 1.82) is 10.5 Å². The van der Waals surface area contributed by atoms with E-state index in [9.17, 15) is 13.2 Å². The zero-order valence-corrected chi connectivity index (χ0v) is 11.6. The van der Waals surface area contributed by atoms with E-state index < -0.39 is 17.3 Å². The maximum absolute atomic E-state index is 12.8. The van der Waals surface area contributed by atoms with Gasteiger partial charge in [-0.05, 0) is 18.2 Å². The Hall–Kier alpha value is -3.04. The highest BCUT2D eigenvalue weighted by Crippen LogP contribution is 2.33. The molecule has 23 heavy (non-hydrogen) atoms. The summed E-state index contributed by atoms with van der Waals surface area (Å²) in [6.07, 6.45) is -1.71. The van der Waals surface area contributed by atoms with E-state index >= 15 is 0 Å². The lowest BCUT2D eigenvalue weighted by Gasteiger charge is -2.12. The van der Waals surface area contributed by atoms with Crippen LogP contribution in [0.3, 0.4) is 0 Å². The third kappa shape index (κ3) is 4.22. The van der Waals surface area contributed by atoms with E-state index in [1.807, 2.05) is 6.07 Å². The first kappa shape index (κ1) is 16.3. The maximum atomic E-state index is 12.8. The summed E-state index contributed by atoms with van der Waals surface area (Å²) in [5, 5.41) is 21.2. The highest BCUT2D eigenvalue weighted by molar-refractivity contribution is 5.52. The highest BCUT2D eigenvalue weighted by atomic mass is 19.4. The molecule has 0 atom stereocenters. The molecule has 0 saturated carbocycles. The Labute approximate surface area is 129 Å². The SMILES string of the molecule is N#Cc1cnn(CCONc2ccc(C#N)c(C(F)(F)F)c2)c1. The molecule has 0 aliphatic rings. The number of nitrogens with zero attached hydrogens (tertiary/aromatic N) is 4. The van der Waals surface area contributed by atoms with Gasteiger partial charge in [-0.1, -0.05) is 0 Å². The largest absolute Gasteiger partial charge is 0.417 e. The van der Waals surface area contributed by atoms with Gasteiger partial charge in [-0.15, -0.1) is 0 Å². The van der Waals surface area contributed by atoms with Crippen molar-refractivity contribution in [3.63, 3.8) is 0 Å². The second-order valence-corrected chi connectivity index (χ2v) is 4.42. The first-order valence-corrected chi connectivity index (χ1v) is 6.35. The van der Waals surface area contributed by atoms with Crippen molar-refractivity contribution in [2.45, 2.75) is 12.7 Å². The van der Waals surface area contributed by atoms with Gasteiger partial charge in [0, 0.05) is 6.20 Å². The van der Waals surface area contributed by atoms with Crippen LogP contribution >= 0.6 is 0 Å². The Morgan fingerprint density at radius 3 is 2.65 bits per heavy atom. The van der Waals surface area contributed by atoms with Gasteiger partial charge in [-0.25, -0.2) is 0 Å². The van der Waals surface area contributed by atoms with Crippen LogP contribution in [0.15, 0.2) is 30.6 Å². The fraction of sp³-hybridized carbons (Fsp3) is 0.214. The van der Waals surface area contributed by atoms with E-state index in [2.05, 4.69) is 10.6 Å². The third-order valence-corrected chi connectivity index (χ3v) is 2.82. The fourth-order valence-corrected chi connectivity index (χ4v) is 1.76. The van der Waals surface area contributed by atoms with E-state index in [-0.39, 0.29) is 12.3 Å². The van der Waals surface area contributed by atoms with Crippen LogP contribution in [-0.4, -0.2) is 16.4 Å². The number of rotatable bonds is 5. The van der Waals surface area contributed by atoms with Gasteiger partial charge in [0.1, 0.15) is 6.07 Å². The Kier molecular flexibility index (Phi) is 4.84. The van der Waals surface area contributed by atoms with Crippen molar-refractivity contribution >= 4 is 5.69 Å². The average Bonchev–Trinajstić information content (AvgIpc) is 2.98. The summed E-state index contributed by atoms with van der Waals surface area (Å²) in [7, 11) is 0. The fourth-order valence-electron chi connectivity index (χ4n) is 1.76. The van der Waals surface area contributed by atoms with Crippen LogP contribution < -0.4 is 5.48 Å². The lowest BCUT2D eigenvalue weighted by atomic mass is 10.1. The number of nitriles is 2. The molecule has 1 heterocycles. The van der Waals surface area contributed by atoms with Gasteiger partial charge in [0.2, 0.25) is 0 Å². The van der Waals surface area contributed by atoms with Gasteiger partial charge in [-0.3, -0.25) is 15.0 Å². The van der Waals surface area contributed by atoms with Crippen molar-refractivity contribution in [2.75, 3.05) is 12.1 Å². The first-order chi connectivity index (χ1) is 10.9. The summed E-state index contributed by atoms with van der Waals surface area (Å²) >= 11 is 0. The molecule has 1 N–H and O–H groups in total. The number of hydrogen-bond donors (Lipinski definition) is 1. The molecule has 0 saturated heterocycles. The molecular weight excluding hydrogens is 311 g/mol. The van der Waals surface area contributed by atoms with E-state index in [1.165, 1.54) is 29.2 Å². The van der Waals surface area contributed by atoms with Gasteiger partial charge < -0.3 is 0 Å². The molecule has 2 aromatic rings. The Bertz CT molecular complexity index is 770. The molecule has 0 amide bonds. The van der Waals surface area contributed by atoms with E-state index in [0.717, 1.165) is 12.1 Å². The maximum Gasteiger partial charge on any atom is 0.417 e. The number of alkyl halides is 3. The summed E-state index contributed by atoms with van der Waals surface area (Å²) in [4.78, 5) is 5.06. The molecule has 6 nitrogen and oxygen atoms in total. The van der Waals surface area contributed by atoms with Crippen molar-refractivity contribution < 1.29 is 18.0 Å². The Morgan fingerprint density at radius 1 is 1.26 bits per heavy atom. The zero-order valence-electron chi connectivity index (χ0n) is 11.6. The molecule has 0 aliphatic heterocycles. The zero-order chi connectivity index (χ0) is 16.9. The number of hydrogen-bond acceptors (Lipinski definition) is 5. The molecule has 0 aliphatic carbocycles.